The number of benzene rings is 2. The Morgan fingerprint density at radius 2 is 1.89 bits per heavy atom. The highest BCUT2D eigenvalue weighted by Crippen LogP contribution is 2.24. The van der Waals surface area contributed by atoms with Gasteiger partial charge in [-0.2, -0.15) is 4.98 Å². The molecule has 10 heteroatoms. The lowest BCUT2D eigenvalue weighted by molar-refractivity contribution is -0.116. The van der Waals surface area contributed by atoms with E-state index in [9.17, 15) is 9.18 Å². The quantitative estimate of drug-likeness (QED) is 0.545. The molecule has 3 N–H and O–H groups in total. The summed E-state index contributed by atoms with van der Waals surface area (Å²) in [6.45, 7) is -0.185. The van der Waals surface area contributed by atoms with Crippen molar-refractivity contribution in [1.29, 1.82) is 0 Å². The van der Waals surface area contributed by atoms with E-state index in [0.717, 1.165) is 5.56 Å². The van der Waals surface area contributed by atoms with Crippen molar-refractivity contribution in [2.75, 3.05) is 11.1 Å². The number of nitrogens with two attached hydrogens (primary N) is 1. The van der Waals surface area contributed by atoms with E-state index < -0.39 is 11.7 Å². The second-order valence-electron chi connectivity index (χ2n) is 5.83. The summed E-state index contributed by atoms with van der Waals surface area (Å²) in [5.41, 5.74) is 7.44. The molecular formula is C18H14FN7O2. The number of nitrogen functional groups attached to an aromatic ring is 1. The number of amides is 1. The fraction of sp³-hybridized carbons (Fsp3) is 0.0556. The van der Waals surface area contributed by atoms with Gasteiger partial charge in [0.2, 0.25) is 11.7 Å². The minimum absolute atomic E-state index is 0.0987. The van der Waals surface area contributed by atoms with Crippen molar-refractivity contribution in [1.82, 2.24) is 25.1 Å². The summed E-state index contributed by atoms with van der Waals surface area (Å²) in [5.74, 6) is -0.194. The van der Waals surface area contributed by atoms with Gasteiger partial charge in [0.25, 0.3) is 5.89 Å². The Morgan fingerprint density at radius 3 is 2.64 bits per heavy atom. The fourth-order valence-electron chi connectivity index (χ4n) is 2.48. The number of hydrogen-bond acceptors (Lipinski definition) is 7. The highest BCUT2D eigenvalue weighted by atomic mass is 19.1. The maximum absolute atomic E-state index is 12.9. The topological polar surface area (TPSA) is 125 Å². The van der Waals surface area contributed by atoms with Gasteiger partial charge in [-0.25, -0.2) is 9.07 Å². The van der Waals surface area contributed by atoms with Gasteiger partial charge < -0.3 is 15.6 Å². The zero-order valence-corrected chi connectivity index (χ0v) is 14.4. The average molecular weight is 379 g/mol. The van der Waals surface area contributed by atoms with E-state index in [1.54, 1.807) is 0 Å². The monoisotopic (exact) mass is 379 g/mol. The van der Waals surface area contributed by atoms with Crippen LogP contribution in [0.15, 0.2) is 59.1 Å². The lowest BCUT2D eigenvalue weighted by atomic mass is 10.2. The fourth-order valence-corrected chi connectivity index (χ4v) is 2.48. The van der Waals surface area contributed by atoms with Crippen molar-refractivity contribution >= 4 is 17.4 Å². The molecule has 0 saturated heterocycles. The van der Waals surface area contributed by atoms with E-state index >= 15 is 0 Å². The van der Waals surface area contributed by atoms with Crippen molar-refractivity contribution in [3.8, 4) is 23.0 Å². The molecule has 28 heavy (non-hydrogen) atoms. The van der Waals surface area contributed by atoms with E-state index in [-0.39, 0.29) is 23.9 Å². The van der Waals surface area contributed by atoms with Crippen LogP contribution in [0.1, 0.15) is 0 Å². The second kappa shape index (κ2) is 7.27. The molecule has 0 bridgehead atoms. The summed E-state index contributed by atoms with van der Waals surface area (Å²) in [5, 5.41) is 14.3. The highest BCUT2D eigenvalue weighted by Gasteiger charge is 2.20. The van der Waals surface area contributed by atoms with Gasteiger partial charge in [0, 0.05) is 11.3 Å². The van der Waals surface area contributed by atoms with Crippen LogP contribution < -0.4 is 11.1 Å². The van der Waals surface area contributed by atoms with Gasteiger partial charge in [-0.05, 0) is 24.3 Å². The molecule has 0 atom stereocenters. The number of carbonyl (C=O) groups is 1. The van der Waals surface area contributed by atoms with Gasteiger partial charge >= 0.3 is 0 Å². The number of carbonyl (C=O) groups excluding carboxylic acids is 1. The molecular weight excluding hydrogens is 365 g/mol. The molecule has 0 unspecified atom stereocenters. The van der Waals surface area contributed by atoms with Crippen molar-refractivity contribution < 1.29 is 13.7 Å². The molecule has 0 fully saturated rings. The van der Waals surface area contributed by atoms with Gasteiger partial charge in [-0.3, -0.25) is 4.79 Å². The lowest BCUT2D eigenvalue weighted by Gasteiger charge is -2.05. The van der Waals surface area contributed by atoms with E-state index in [2.05, 4.69) is 25.8 Å². The molecule has 140 valence electrons. The third-order valence-electron chi connectivity index (χ3n) is 3.86. The van der Waals surface area contributed by atoms with Crippen LogP contribution in [-0.2, 0) is 11.3 Å². The molecule has 0 aliphatic rings. The Balaban J connectivity index is 1.49. The van der Waals surface area contributed by atoms with Crippen LogP contribution in [0, 0.1) is 5.82 Å². The van der Waals surface area contributed by atoms with Crippen molar-refractivity contribution in [3.63, 3.8) is 0 Å². The number of halogens is 1. The highest BCUT2D eigenvalue weighted by molar-refractivity contribution is 5.90. The van der Waals surface area contributed by atoms with E-state index in [0.29, 0.717) is 11.5 Å². The minimum Gasteiger partial charge on any atom is -0.382 e. The van der Waals surface area contributed by atoms with Gasteiger partial charge in [0.05, 0.1) is 0 Å². The van der Waals surface area contributed by atoms with Crippen molar-refractivity contribution in [3.05, 3.63) is 60.4 Å². The van der Waals surface area contributed by atoms with Crippen LogP contribution in [0.4, 0.5) is 15.9 Å². The van der Waals surface area contributed by atoms with Gasteiger partial charge in [0.1, 0.15) is 12.4 Å². The first kappa shape index (κ1) is 17.3. The summed E-state index contributed by atoms with van der Waals surface area (Å²) in [4.78, 5) is 16.4. The SMILES string of the molecule is Nc1c(-c2nc(-c3ccccc3)no2)nnn1CC(=O)Nc1ccc(F)cc1. The Morgan fingerprint density at radius 1 is 1.14 bits per heavy atom. The first-order valence-corrected chi connectivity index (χ1v) is 8.24. The molecule has 2 aromatic heterocycles. The number of aromatic nitrogens is 5. The molecule has 0 saturated carbocycles. The summed E-state index contributed by atoms with van der Waals surface area (Å²) in [6, 6.07) is 14.7. The van der Waals surface area contributed by atoms with Crippen LogP contribution >= 0.6 is 0 Å². The number of nitrogens with zero attached hydrogens (tertiary/aromatic N) is 5. The zero-order chi connectivity index (χ0) is 19.5. The largest absolute Gasteiger partial charge is 0.382 e. The second-order valence-corrected chi connectivity index (χ2v) is 5.83. The lowest BCUT2D eigenvalue weighted by Crippen LogP contribution is -2.20. The molecule has 0 radical (unpaired) electrons. The normalized spacial score (nSPS) is 10.8. The molecule has 4 aromatic rings. The van der Waals surface area contributed by atoms with Gasteiger partial charge in [-0.1, -0.05) is 40.7 Å². The third-order valence-corrected chi connectivity index (χ3v) is 3.86. The Bertz CT molecular complexity index is 1110. The average Bonchev–Trinajstić information content (AvgIpc) is 3.32. The smallest absolute Gasteiger partial charge is 0.282 e. The number of anilines is 2. The zero-order valence-electron chi connectivity index (χ0n) is 14.4. The number of hydrogen-bond donors (Lipinski definition) is 2. The first-order valence-electron chi connectivity index (χ1n) is 8.24. The van der Waals surface area contributed by atoms with Crippen molar-refractivity contribution in [2.45, 2.75) is 6.54 Å². The predicted octanol–water partition coefficient (Wildman–Crippen LogP) is 2.36. The molecule has 0 spiro atoms. The summed E-state index contributed by atoms with van der Waals surface area (Å²) in [7, 11) is 0. The van der Waals surface area contributed by atoms with Crippen LogP contribution in [-0.4, -0.2) is 31.0 Å². The predicted molar refractivity (Wildman–Crippen MR) is 98.2 cm³/mol. The van der Waals surface area contributed by atoms with Crippen LogP contribution in [0.5, 0.6) is 0 Å². The molecule has 0 aliphatic heterocycles. The molecule has 9 nitrogen and oxygen atoms in total. The van der Waals surface area contributed by atoms with Crippen LogP contribution in [0.2, 0.25) is 0 Å². The standard InChI is InChI=1S/C18H14FN7O2/c19-12-6-8-13(9-7-12)21-14(27)10-26-16(20)15(23-25-26)18-22-17(24-28-18)11-4-2-1-3-5-11/h1-9H,10,20H2,(H,21,27). The molecule has 2 aromatic carbocycles. The minimum atomic E-state index is -0.398. The Hall–Kier alpha value is -4.08. The Labute approximate surface area is 158 Å². The number of nitrogens with one attached hydrogen (secondary N) is 1. The summed E-state index contributed by atoms with van der Waals surface area (Å²) < 4.78 is 19.4. The molecule has 0 aliphatic carbocycles. The number of rotatable bonds is 5. The van der Waals surface area contributed by atoms with E-state index in [1.807, 2.05) is 30.3 Å². The molecule has 2 heterocycles. The molecule has 4 rings (SSSR count). The van der Waals surface area contributed by atoms with E-state index in [4.69, 9.17) is 10.3 Å². The molecule has 1 amide bonds. The first-order chi connectivity index (χ1) is 13.6. The maximum Gasteiger partial charge on any atom is 0.282 e. The van der Waals surface area contributed by atoms with E-state index in [1.165, 1.54) is 28.9 Å². The Kier molecular flexibility index (Phi) is 4.50. The van der Waals surface area contributed by atoms with Crippen LogP contribution in [0.25, 0.3) is 23.0 Å². The van der Waals surface area contributed by atoms with Gasteiger partial charge in [0.15, 0.2) is 11.5 Å². The third kappa shape index (κ3) is 3.56. The van der Waals surface area contributed by atoms with Gasteiger partial charge in [-0.15, -0.1) is 5.10 Å². The summed E-state index contributed by atoms with van der Waals surface area (Å²) >= 11 is 0. The summed E-state index contributed by atoms with van der Waals surface area (Å²) in [6.07, 6.45) is 0. The van der Waals surface area contributed by atoms with Crippen molar-refractivity contribution in [2.24, 2.45) is 0 Å². The van der Waals surface area contributed by atoms with Crippen LogP contribution in [0.3, 0.4) is 0 Å². The maximum atomic E-state index is 12.9.